The number of ether oxygens (including phenoxy) is 4. The van der Waals surface area contributed by atoms with Crippen LogP contribution in [0.4, 0.5) is 42.9 Å². The summed E-state index contributed by atoms with van der Waals surface area (Å²) in [6.07, 6.45) is 1.96. The minimum atomic E-state index is -0.850. The van der Waals surface area contributed by atoms with Crippen molar-refractivity contribution in [1.29, 1.82) is 0 Å². The number of furan rings is 2. The molecular weight excluding hydrogens is 1340 g/mol. The Balaban J connectivity index is 0.701. The lowest BCUT2D eigenvalue weighted by molar-refractivity contribution is -0.133. The van der Waals surface area contributed by atoms with Crippen molar-refractivity contribution in [2.45, 2.75) is 37.5 Å². The van der Waals surface area contributed by atoms with Crippen molar-refractivity contribution in [1.82, 2.24) is 0 Å². The maximum absolute atomic E-state index is 15.3. The van der Waals surface area contributed by atoms with Crippen LogP contribution in [-0.4, -0.2) is 39.6 Å². The number of para-hydroxylation sites is 2. The number of nitrogens with zero attached hydrogens (tertiary/aromatic N) is 2. The van der Waals surface area contributed by atoms with E-state index in [1.54, 1.807) is 24.3 Å². The Morgan fingerprint density at radius 1 is 0.306 bits per heavy atom. The fourth-order valence-electron chi connectivity index (χ4n) is 17.6. The smallest absolute Gasteiger partial charge is 0.135 e. The molecule has 20 rings (SSSR count). The van der Waals surface area contributed by atoms with Crippen molar-refractivity contribution in [3.8, 4) is 44.9 Å². The van der Waals surface area contributed by atoms with Gasteiger partial charge in [-0.1, -0.05) is 184 Å². The molecule has 16 aromatic rings. The lowest BCUT2D eigenvalue weighted by Gasteiger charge is -2.40. The molecule has 526 valence electrons. The Morgan fingerprint density at radius 2 is 0.630 bits per heavy atom. The molecule has 2 fully saturated rings. The standard InChI is InChI=1S/C98H74F2N2O6/c1-3-95(57-103-58-95)61-105-77-45-29-67(30-46-77)97(65-25-33-69(99)34-26-65)87-17-9-5-13-79(87)81-49-41-75(55-89(81)97)101(73-43-51-93-85(53-73)83-15-7-11-19-91(83)107-93)71-37-21-63(22-38-71)64-23-39-72(40-24-64)102(74-44-52-94-86(54-74)84-16-8-12-20-92(84)108-94)76-42-50-82-80-14-6-10-18-88(80)98(90(82)56-76,66-27-35-70(100)36-28-66)68-31-47-78(48-32-68)106-62-96(4-2)59-104-60-96/h5-56H,3-4,57-62H2,1-2H3. The van der Waals surface area contributed by atoms with Crippen molar-refractivity contribution < 1.29 is 36.6 Å². The van der Waals surface area contributed by atoms with Gasteiger partial charge in [0.2, 0.25) is 0 Å². The van der Waals surface area contributed by atoms with Gasteiger partial charge in [0.15, 0.2) is 0 Å². The minimum Gasteiger partial charge on any atom is -0.493 e. The Morgan fingerprint density at radius 3 is 1.01 bits per heavy atom. The lowest BCUT2D eigenvalue weighted by Crippen LogP contribution is -2.46. The largest absolute Gasteiger partial charge is 0.493 e. The summed E-state index contributed by atoms with van der Waals surface area (Å²) in [5, 5.41) is 4.09. The van der Waals surface area contributed by atoms with E-state index >= 15 is 8.78 Å². The van der Waals surface area contributed by atoms with Gasteiger partial charge in [0.25, 0.3) is 0 Å². The van der Waals surface area contributed by atoms with Gasteiger partial charge in [-0.25, -0.2) is 8.78 Å². The summed E-state index contributed by atoms with van der Waals surface area (Å²) in [7, 11) is 0. The second-order valence-corrected chi connectivity index (χ2v) is 29.7. The summed E-state index contributed by atoms with van der Waals surface area (Å²) in [4.78, 5) is 4.68. The molecule has 14 aromatic carbocycles. The predicted octanol–water partition coefficient (Wildman–Crippen LogP) is 24.7. The highest BCUT2D eigenvalue weighted by molar-refractivity contribution is 6.08. The molecule has 2 aliphatic heterocycles. The SMILES string of the molecule is CCC1(COc2ccc(C3(c4ccc(F)cc4)c4ccccc4-c4ccc(N(c5ccc(-c6ccc(N(c7ccc8c(c7)C(c7ccc(F)cc7)(c7ccc(OCC9(CC)COC9)cc7)c7ccccc7-8)c7ccc8oc9ccccc9c8c7)cc6)cc5)c5ccc6oc7ccccc7c6c5)cc43)cc2)COC1. The Bertz CT molecular complexity index is 5750. The third-order valence-electron chi connectivity index (χ3n) is 23.7. The molecule has 2 aliphatic carbocycles. The Hall–Kier alpha value is -12.3. The van der Waals surface area contributed by atoms with Crippen molar-refractivity contribution in [3.05, 3.63) is 372 Å². The van der Waals surface area contributed by atoms with E-state index in [9.17, 15) is 0 Å². The molecule has 8 nitrogen and oxygen atoms in total. The van der Waals surface area contributed by atoms with Crippen LogP contribution in [0.1, 0.15) is 71.2 Å². The number of fused-ring (bicyclic) bond motifs is 12. The van der Waals surface area contributed by atoms with Crippen molar-refractivity contribution in [2.24, 2.45) is 10.8 Å². The first-order valence-electron chi connectivity index (χ1n) is 37.4. The van der Waals surface area contributed by atoms with Gasteiger partial charge >= 0.3 is 0 Å². The molecule has 10 heteroatoms. The van der Waals surface area contributed by atoms with E-state index in [1.165, 1.54) is 0 Å². The van der Waals surface area contributed by atoms with Crippen molar-refractivity contribution >= 4 is 78.0 Å². The highest BCUT2D eigenvalue weighted by Gasteiger charge is 2.49. The highest BCUT2D eigenvalue weighted by atomic mass is 19.1. The Labute approximate surface area is 625 Å². The molecule has 2 unspecified atom stereocenters. The van der Waals surface area contributed by atoms with E-state index in [-0.39, 0.29) is 22.5 Å². The van der Waals surface area contributed by atoms with Gasteiger partial charge in [-0.15, -0.1) is 0 Å². The molecule has 4 heterocycles. The van der Waals surface area contributed by atoms with Gasteiger partial charge in [0.1, 0.15) is 45.5 Å². The normalized spacial score (nSPS) is 17.0. The fraction of sp³-hybridized carbons (Fsp3) is 0.143. The van der Waals surface area contributed by atoms with E-state index in [0.717, 1.165) is 180 Å². The van der Waals surface area contributed by atoms with E-state index in [2.05, 4.69) is 266 Å². The second-order valence-electron chi connectivity index (χ2n) is 29.7. The molecular formula is C98H74F2N2O6. The van der Waals surface area contributed by atoms with Crippen LogP contribution >= 0.6 is 0 Å². The van der Waals surface area contributed by atoms with Gasteiger partial charge in [-0.3, -0.25) is 0 Å². The maximum atomic E-state index is 15.3. The molecule has 0 bridgehead atoms. The highest BCUT2D eigenvalue weighted by Crippen LogP contribution is 2.60. The molecule has 0 spiro atoms. The lowest BCUT2D eigenvalue weighted by atomic mass is 9.67. The van der Waals surface area contributed by atoms with Gasteiger partial charge in [-0.2, -0.15) is 0 Å². The van der Waals surface area contributed by atoms with Gasteiger partial charge in [0.05, 0.1) is 61.3 Å². The van der Waals surface area contributed by atoms with Crippen LogP contribution in [-0.2, 0) is 20.3 Å². The van der Waals surface area contributed by atoms with Crippen LogP contribution in [0.3, 0.4) is 0 Å². The minimum absolute atomic E-state index is 0.0149. The number of hydrogen-bond donors (Lipinski definition) is 0. The van der Waals surface area contributed by atoms with E-state index in [1.807, 2.05) is 48.5 Å². The molecule has 0 N–H and O–H groups in total. The van der Waals surface area contributed by atoms with Crippen LogP contribution in [0, 0.1) is 22.5 Å². The summed E-state index contributed by atoms with van der Waals surface area (Å²) >= 11 is 0. The first-order valence-corrected chi connectivity index (χ1v) is 37.4. The van der Waals surface area contributed by atoms with Gasteiger partial charge < -0.3 is 37.6 Å². The van der Waals surface area contributed by atoms with Gasteiger partial charge in [-0.05, 0) is 236 Å². The summed E-state index contributed by atoms with van der Waals surface area (Å²) in [5.41, 5.74) is 22.2. The summed E-state index contributed by atoms with van der Waals surface area (Å²) < 4.78 is 67.9. The summed E-state index contributed by atoms with van der Waals surface area (Å²) in [6, 6.07) is 109. The first kappa shape index (κ1) is 65.2. The van der Waals surface area contributed by atoms with Crippen LogP contribution < -0.4 is 19.3 Å². The van der Waals surface area contributed by atoms with Crippen LogP contribution in [0.25, 0.3) is 77.3 Å². The van der Waals surface area contributed by atoms with Gasteiger partial charge in [0, 0.05) is 55.7 Å². The van der Waals surface area contributed by atoms with E-state index in [4.69, 9.17) is 27.8 Å². The topological polar surface area (TPSA) is 69.7 Å². The number of halogens is 2. The first-order chi connectivity index (χ1) is 53.1. The van der Waals surface area contributed by atoms with Crippen LogP contribution in [0.15, 0.2) is 324 Å². The van der Waals surface area contributed by atoms with Crippen molar-refractivity contribution in [3.63, 3.8) is 0 Å². The number of hydrogen-bond acceptors (Lipinski definition) is 8. The zero-order chi connectivity index (χ0) is 72.3. The summed E-state index contributed by atoms with van der Waals surface area (Å²) in [5.74, 6) is 0.988. The number of benzene rings is 14. The zero-order valence-corrected chi connectivity index (χ0v) is 59.8. The van der Waals surface area contributed by atoms with E-state index < -0.39 is 10.8 Å². The molecule has 108 heavy (non-hydrogen) atoms. The van der Waals surface area contributed by atoms with Crippen molar-refractivity contribution in [2.75, 3.05) is 49.4 Å². The average molecular weight is 1410 g/mol. The Kier molecular flexibility index (Phi) is 15.5. The average Bonchev–Trinajstić information content (AvgIpc) is 1.54. The zero-order valence-electron chi connectivity index (χ0n) is 59.8. The molecule has 0 radical (unpaired) electrons. The molecule has 2 saturated heterocycles. The number of anilines is 6. The molecule has 4 aliphatic rings. The van der Waals surface area contributed by atoms with Crippen LogP contribution in [0.2, 0.25) is 0 Å². The maximum Gasteiger partial charge on any atom is 0.135 e. The molecule has 0 amide bonds. The fourth-order valence-corrected chi connectivity index (χ4v) is 17.6. The second kappa shape index (κ2) is 25.7. The molecule has 2 aromatic heterocycles. The summed E-state index contributed by atoms with van der Waals surface area (Å²) in [6.45, 7) is 8.34. The van der Waals surface area contributed by atoms with E-state index in [0.29, 0.717) is 39.6 Å². The molecule has 2 atom stereocenters. The van der Waals surface area contributed by atoms with Crippen LogP contribution in [0.5, 0.6) is 11.5 Å². The molecule has 0 saturated carbocycles. The predicted molar refractivity (Wildman–Crippen MR) is 428 cm³/mol. The quantitative estimate of drug-likeness (QED) is 0.0793. The monoisotopic (exact) mass is 1410 g/mol. The third-order valence-corrected chi connectivity index (χ3v) is 23.7. The number of rotatable bonds is 19. The third kappa shape index (κ3) is 10.4.